The number of thioether (sulfide) groups is 1. The van der Waals surface area contributed by atoms with Gasteiger partial charge < -0.3 is 30.7 Å². The van der Waals surface area contributed by atoms with E-state index < -0.39 is 86.1 Å². The van der Waals surface area contributed by atoms with Gasteiger partial charge >= 0.3 is 24.0 Å². The Labute approximate surface area is 243 Å². The monoisotopic (exact) mass is 628 g/mol. The summed E-state index contributed by atoms with van der Waals surface area (Å²) in [6.07, 6.45) is -1.11. The van der Waals surface area contributed by atoms with E-state index in [1.165, 1.54) is 19.1 Å². The number of amides is 3. The fourth-order valence-corrected chi connectivity index (χ4v) is 6.49. The highest BCUT2D eigenvalue weighted by atomic mass is 32.2. The van der Waals surface area contributed by atoms with Crippen molar-refractivity contribution in [3.63, 3.8) is 0 Å². The van der Waals surface area contributed by atoms with Crippen LogP contribution in [-0.2, 0) is 38.7 Å². The number of esters is 1. The first-order valence-electron chi connectivity index (χ1n) is 12.4. The van der Waals surface area contributed by atoms with Gasteiger partial charge in [-0.3, -0.25) is 19.3 Å². The van der Waals surface area contributed by atoms with Crippen molar-refractivity contribution in [2.24, 2.45) is 5.73 Å². The van der Waals surface area contributed by atoms with Gasteiger partial charge in [0, 0.05) is 17.7 Å². The lowest BCUT2D eigenvalue weighted by atomic mass is 10.0. The lowest BCUT2D eigenvalue weighted by Gasteiger charge is -2.49. The van der Waals surface area contributed by atoms with Gasteiger partial charge in [-0.2, -0.15) is 0 Å². The van der Waals surface area contributed by atoms with E-state index in [1.807, 2.05) is 0 Å². The minimum absolute atomic E-state index is 0.00750. The SMILES string of the molecule is CCOC(=O)NS(=O)(=O)c1ccccc1C(=O)OCC1=C(C(=O)O)N2C(=O)[C@@H](NC(=O)CCCC(N)C(=O)O)[C@@H]2SC1. The lowest BCUT2D eigenvalue weighted by molar-refractivity contribution is -0.150. The first kappa shape index (κ1) is 32.4. The van der Waals surface area contributed by atoms with Crippen LogP contribution < -0.4 is 15.8 Å². The molecule has 228 valence electrons. The van der Waals surface area contributed by atoms with E-state index in [2.05, 4.69) is 10.1 Å². The molecule has 2 aliphatic rings. The minimum atomic E-state index is -4.52. The van der Waals surface area contributed by atoms with Crippen LogP contribution >= 0.6 is 11.8 Å². The molecule has 3 atom stereocenters. The van der Waals surface area contributed by atoms with Crippen molar-refractivity contribution in [1.82, 2.24) is 14.9 Å². The Morgan fingerprint density at radius 1 is 1.17 bits per heavy atom. The van der Waals surface area contributed by atoms with Crippen molar-refractivity contribution in [1.29, 1.82) is 0 Å². The molecule has 18 heteroatoms. The predicted molar refractivity (Wildman–Crippen MR) is 143 cm³/mol. The first-order valence-corrected chi connectivity index (χ1v) is 14.9. The van der Waals surface area contributed by atoms with E-state index in [0.29, 0.717) is 0 Å². The molecule has 1 saturated heterocycles. The van der Waals surface area contributed by atoms with Crippen LogP contribution in [0.15, 0.2) is 40.4 Å². The van der Waals surface area contributed by atoms with Crippen molar-refractivity contribution in [3.8, 4) is 0 Å². The van der Waals surface area contributed by atoms with E-state index in [-0.39, 0.29) is 37.2 Å². The third-order valence-electron chi connectivity index (χ3n) is 6.07. The predicted octanol–water partition coefficient (Wildman–Crippen LogP) is -0.401. The number of hydrogen-bond acceptors (Lipinski definition) is 12. The Hall–Kier alpha value is -4.16. The Morgan fingerprint density at radius 2 is 1.86 bits per heavy atom. The number of sulfonamides is 1. The number of nitrogens with zero attached hydrogens (tertiary/aromatic N) is 1. The first-order chi connectivity index (χ1) is 19.8. The number of carbonyl (C=O) groups is 6. The van der Waals surface area contributed by atoms with Crippen molar-refractivity contribution in [2.45, 2.75) is 48.5 Å². The average molecular weight is 629 g/mol. The smallest absolute Gasteiger partial charge is 0.421 e. The fourth-order valence-electron chi connectivity index (χ4n) is 4.07. The zero-order valence-corrected chi connectivity index (χ0v) is 23.7. The molecule has 0 aliphatic carbocycles. The minimum Gasteiger partial charge on any atom is -0.480 e. The number of hydrogen-bond donors (Lipinski definition) is 5. The van der Waals surface area contributed by atoms with E-state index in [0.717, 1.165) is 28.8 Å². The highest BCUT2D eigenvalue weighted by Crippen LogP contribution is 2.40. The number of fused-ring (bicyclic) bond motifs is 1. The van der Waals surface area contributed by atoms with Gasteiger partial charge in [-0.05, 0) is 31.9 Å². The molecular weight excluding hydrogens is 600 g/mol. The number of benzene rings is 1. The molecule has 1 aromatic rings. The van der Waals surface area contributed by atoms with Crippen LogP contribution in [0.1, 0.15) is 36.5 Å². The molecule has 3 amide bonds. The molecule has 0 radical (unpaired) electrons. The van der Waals surface area contributed by atoms with E-state index in [9.17, 15) is 42.3 Å². The standard InChI is InChI=1S/C24H28N4O12S2/c1-2-39-24(36)27-42(37,38)15-8-4-3-6-13(15)23(35)40-10-12-11-41-20-17(19(30)28(20)18(12)22(33)34)26-16(29)9-5-7-14(25)21(31)32/h3-4,6,8,14,17,20H,2,5,7,9-11,25H2,1H3,(H,26,29)(H,27,36)(H,31,32)(H,33,34)/t14?,17-,20+/m1/s1. The van der Waals surface area contributed by atoms with Crippen LogP contribution in [0.25, 0.3) is 0 Å². The van der Waals surface area contributed by atoms with Crippen molar-refractivity contribution in [3.05, 3.63) is 41.1 Å². The van der Waals surface area contributed by atoms with Crippen molar-refractivity contribution in [2.75, 3.05) is 19.0 Å². The molecule has 0 bridgehead atoms. The molecule has 16 nitrogen and oxygen atoms in total. The summed E-state index contributed by atoms with van der Waals surface area (Å²) in [5.41, 5.74) is 4.60. The molecule has 1 fully saturated rings. The zero-order chi connectivity index (χ0) is 31.2. The van der Waals surface area contributed by atoms with Crippen LogP contribution in [0.2, 0.25) is 0 Å². The maximum atomic E-state index is 12.8. The van der Waals surface area contributed by atoms with Gasteiger partial charge in [0.25, 0.3) is 15.9 Å². The quantitative estimate of drug-likeness (QED) is 0.138. The lowest BCUT2D eigenvalue weighted by Crippen LogP contribution is -2.70. The normalized spacial score (nSPS) is 18.7. The number of nitrogens with one attached hydrogen (secondary N) is 2. The van der Waals surface area contributed by atoms with Crippen LogP contribution in [0, 0.1) is 0 Å². The molecular formula is C24H28N4O12S2. The average Bonchev–Trinajstić information content (AvgIpc) is 2.93. The number of ether oxygens (including phenoxy) is 2. The molecule has 2 heterocycles. The third kappa shape index (κ3) is 7.37. The largest absolute Gasteiger partial charge is 0.480 e. The summed E-state index contributed by atoms with van der Waals surface area (Å²) in [6.45, 7) is 0.781. The van der Waals surface area contributed by atoms with Gasteiger partial charge in [0.2, 0.25) is 5.91 Å². The van der Waals surface area contributed by atoms with Crippen LogP contribution in [0.4, 0.5) is 4.79 Å². The maximum absolute atomic E-state index is 12.8. The highest BCUT2D eigenvalue weighted by molar-refractivity contribution is 8.00. The van der Waals surface area contributed by atoms with Crippen LogP contribution in [0.5, 0.6) is 0 Å². The molecule has 1 aromatic carbocycles. The fraction of sp³-hybridized carbons (Fsp3) is 0.417. The van der Waals surface area contributed by atoms with Gasteiger partial charge in [0.15, 0.2) is 0 Å². The van der Waals surface area contributed by atoms with Gasteiger partial charge in [0.05, 0.1) is 12.2 Å². The second-order valence-corrected chi connectivity index (χ2v) is 11.7. The molecule has 2 aliphatic heterocycles. The summed E-state index contributed by atoms with van der Waals surface area (Å²) in [5.74, 6) is -5.04. The van der Waals surface area contributed by atoms with Gasteiger partial charge in [0.1, 0.15) is 34.7 Å². The number of β-lactam (4-membered cyclic amide) rings is 1. The summed E-state index contributed by atoms with van der Waals surface area (Å²) < 4.78 is 36.7. The molecule has 0 aromatic heterocycles. The topological polar surface area (TPSA) is 249 Å². The molecule has 0 saturated carbocycles. The Bertz CT molecular complexity index is 1430. The highest BCUT2D eigenvalue weighted by Gasteiger charge is 2.54. The number of nitrogens with two attached hydrogens (primary N) is 1. The van der Waals surface area contributed by atoms with Gasteiger partial charge in [-0.15, -0.1) is 11.8 Å². The summed E-state index contributed by atoms with van der Waals surface area (Å²) in [5, 5.41) is 20.4. The number of carboxylic acids is 2. The molecule has 6 N–H and O–H groups in total. The van der Waals surface area contributed by atoms with Gasteiger partial charge in [-0.1, -0.05) is 12.1 Å². The molecule has 0 spiro atoms. The number of rotatable bonds is 13. The Morgan fingerprint density at radius 3 is 2.50 bits per heavy atom. The van der Waals surface area contributed by atoms with Crippen LogP contribution in [-0.4, -0.2) is 95.8 Å². The van der Waals surface area contributed by atoms with E-state index in [1.54, 1.807) is 4.72 Å². The van der Waals surface area contributed by atoms with E-state index >= 15 is 0 Å². The second kappa shape index (κ2) is 13.7. The van der Waals surface area contributed by atoms with Crippen molar-refractivity contribution < 1.29 is 56.9 Å². The Kier molecular flexibility index (Phi) is 10.5. The summed E-state index contributed by atoms with van der Waals surface area (Å²) in [6, 6.07) is 2.74. The Balaban J connectivity index is 1.68. The molecule has 1 unspecified atom stereocenters. The molecule has 42 heavy (non-hydrogen) atoms. The third-order valence-corrected chi connectivity index (χ3v) is 8.78. The van der Waals surface area contributed by atoms with E-state index in [4.69, 9.17) is 15.6 Å². The number of carbonyl (C=O) groups excluding carboxylic acids is 4. The summed E-state index contributed by atoms with van der Waals surface area (Å²) >= 11 is 1.12. The zero-order valence-electron chi connectivity index (χ0n) is 22.1. The molecule has 3 rings (SSSR count). The second-order valence-electron chi connectivity index (χ2n) is 8.95. The summed E-state index contributed by atoms with van der Waals surface area (Å²) in [4.78, 5) is 72.8. The number of aliphatic carboxylic acids is 2. The van der Waals surface area contributed by atoms with Crippen LogP contribution in [0.3, 0.4) is 0 Å². The summed E-state index contributed by atoms with van der Waals surface area (Å²) in [7, 11) is -4.52. The van der Waals surface area contributed by atoms with Gasteiger partial charge in [-0.25, -0.2) is 27.5 Å². The van der Waals surface area contributed by atoms with Crippen molar-refractivity contribution >= 4 is 57.6 Å². The maximum Gasteiger partial charge on any atom is 0.421 e. The number of carboxylic acid groups (broad SMARTS) is 2.